The van der Waals surface area contributed by atoms with Gasteiger partial charge in [0.1, 0.15) is 11.8 Å². The first-order chi connectivity index (χ1) is 14.5. The third kappa shape index (κ3) is 6.70. The number of benzene rings is 2. The van der Waals surface area contributed by atoms with Gasteiger partial charge in [0, 0.05) is 18.6 Å². The van der Waals surface area contributed by atoms with E-state index in [0.29, 0.717) is 18.0 Å². The van der Waals surface area contributed by atoms with Crippen LogP contribution in [0.5, 0.6) is 5.75 Å². The maximum atomic E-state index is 12.6. The van der Waals surface area contributed by atoms with Crippen LogP contribution in [0, 0.1) is 0 Å². The number of nitrogens with one attached hydrogen (secondary N) is 1. The summed E-state index contributed by atoms with van der Waals surface area (Å²) in [7, 11) is 0.162. The molecule has 0 unspecified atom stereocenters. The fourth-order valence-electron chi connectivity index (χ4n) is 2.89. The molecule has 10 heteroatoms. The van der Waals surface area contributed by atoms with Crippen LogP contribution in [0.3, 0.4) is 0 Å². The zero-order valence-corrected chi connectivity index (χ0v) is 20.6. The van der Waals surface area contributed by atoms with Crippen molar-refractivity contribution in [3.8, 4) is 5.75 Å². The fourth-order valence-corrected chi connectivity index (χ4v) is 4.82. The predicted molar refractivity (Wildman–Crippen MR) is 129 cm³/mol. The van der Waals surface area contributed by atoms with Crippen LogP contribution in [-0.4, -0.2) is 53.5 Å². The maximum Gasteiger partial charge on any atom is 0.263 e. The molecular formula is C21H27BrN4O4S. The van der Waals surface area contributed by atoms with Gasteiger partial charge in [-0.05, 0) is 71.7 Å². The summed E-state index contributed by atoms with van der Waals surface area (Å²) in [5.41, 5.74) is 4.56. The third-order valence-electron chi connectivity index (χ3n) is 4.33. The molecule has 31 heavy (non-hydrogen) atoms. The number of nitrogens with zero attached hydrogens (tertiary/aromatic N) is 3. The number of hydrazone groups is 1. The molecule has 1 N–H and O–H groups in total. The van der Waals surface area contributed by atoms with Crippen molar-refractivity contribution in [1.29, 1.82) is 0 Å². The monoisotopic (exact) mass is 510 g/mol. The SMILES string of the molecule is CCOc1ccc(N([C@H](C)C(=O)N/N=C\c2ccc(N(C)C)c(Br)c2)S(C)(=O)=O)cc1. The smallest absolute Gasteiger partial charge is 0.263 e. The number of halogens is 1. The van der Waals surface area contributed by atoms with E-state index in [4.69, 9.17) is 4.74 Å². The lowest BCUT2D eigenvalue weighted by molar-refractivity contribution is -0.121. The van der Waals surface area contributed by atoms with Crippen LogP contribution in [-0.2, 0) is 14.8 Å². The molecule has 2 aromatic carbocycles. The summed E-state index contributed by atoms with van der Waals surface area (Å²) in [5, 5.41) is 3.97. The highest BCUT2D eigenvalue weighted by Crippen LogP contribution is 2.25. The fraction of sp³-hybridized carbons (Fsp3) is 0.333. The van der Waals surface area contributed by atoms with Gasteiger partial charge in [-0.3, -0.25) is 9.10 Å². The Morgan fingerprint density at radius 3 is 2.39 bits per heavy atom. The van der Waals surface area contributed by atoms with Crippen LogP contribution in [0.4, 0.5) is 11.4 Å². The Hall–Kier alpha value is -2.59. The largest absolute Gasteiger partial charge is 0.494 e. The summed E-state index contributed by atoms with van der Waals surface area (Å²) in [5.74, 6) is 0.0624. The Kier molecular flexibility index (Phi) is 8.46. The van der Waals surface area contributed by atoms with Gasteiger partial charge in [-0.2, -0.15) is 5.10 Å². The molecule has 0 spiro atoms. The first kappa shape index (κ1) is 24.7. The van der Waals surface area contributed by atoms with Gasteiger partial charge in [0.25, 0.3) is 5.91 Å². The first-order valence-electron chi connectivity index (χ1n) is 9.56. The summed E-state index contributed by atoms with van der Waals surface area (Å²) in [6.45, 7) is 3.87. The van der Waals surface area contributed by atoms with E-state index in [2.05, 4.69) is 26.5 Å². The molecule has 0 bridgehead atoms. The van der Waals surface area contributed by atoms with E-state index in [1.54, 1.807) is 24.3 Å². The topological polar surface area (TPSA) is 91.3 Å². The Morgan fingerprint density at radius 2 is 1.87 bits per heavy atom. The number of hydrogen-bond donors (Lipinski definition) is 1. The molecule has 0 heterocycles. The van der Waals surface area contributed by atoms with E-state index in [-0.39, 0.29) is 0 Å². The van der Waals surface area contributed by atoms with Gasteiger partial charge in [0.15, 0.2) is 0 Å². The number of hydrogen-bond acceptors (Lipinski definition) is 6. The highest BCUT2D eigenvalue weighted by molar-refractivity contribution is 9.10. The van der Waals surface area contributed by atoms with E-state index in [1.165, 1.54) is 13.1 Å². The van der Waals surface area contributed by atoms with Crippen molar-refractivity contribution in [1.82, 2.24) is 5.43 Å². The van der Waals surface area contributed by atoms with Crippen LogP contribution in [0.15, 0.2) is 52.0 Å². The number of carbonyl (C=O) groups excluding carboxylic acids is 1. The standard InChI is InChI=1S/C21H27BrN4O4S/c1-6-30-18-10-8-17(9-11-18)26(31(5,28)29)15(2)21(27)24-23-14-16-7-12-20(25(3)4)19(22)13-16/h7-15H,6H2,1-5H3,(H,24,27)/b23-14-/t15-/m1/s1. The molecule has 0 saturated heterocycles. The summed E-state index contributed by atoms with van der Waals surface area (Å²) < 4.78 is 32.1. The van der Waals surface area contributed by atoms with E-state index < -0.39 is 22.0 Å². The Balaban J connectivity index is 2.14. The molecule has 0 aliphatic carbocycles. The molecule has 2 aromatic rings. The molecule has 1 atom stereocenters. The molecule has 8 nitrogen and oxygen atoms in total. The van der Waals surface area contributed by atoms with Crippen LogP contribution >= 0.6 is 15.9 Å². The normalized spacial score (nSPS) is 12.5. The van der Waals surface area contributed by atoms with Gasteiger partial charge in [-0.15, -0.1) is 0 Å². The third-order valence-corrected chi connectivity index (χ3v) is 6.21. The van der Waals surface area contributed by atoms with E-state index in [0.717, 1.165) is 26.3 Å². The van der Waals surface area contributed by atoms with Crippen molar-refractivity contribution < 1.29 is 17.9 Å². The summed E-state index contributed by atoms with van der Waals surface area (Å²) in [6.07, 6.45) is 2.55. The second-order valence-electron chi connectivity index (χ2n) is 7.00. The van der Waals surface area contributed by atoms with Crippen LogP contribution in [0.1, 0.15) is 19.4 Å². The van der Waals surface area contributed by atoms with Gasteiger partial charge in [0.2, 0.25) is 10.0 Å². The van der Waals surface area contributed by atoms with Crippen molar-refractivity contribution >= 4 is 49.4 Å². The second-order valence-corrected chi connectivity index (χ2v) is 9.72. The molecular weight excluding hydrogens is 484 g/mol. The molecule has 0 aromatic heterocycles. The number of sulfonamides is 1. The van der Waals surface area contributed by atoms with Gasteiger partial charge in [0.05, 0.1) is 30.5 Å². The number of amides is 1. The number of ether oxygens (including phenoxy) is 1. The minimum atomic E-state index is -3.71. The lowest BCUT2D eigenvalue weighted by Gasteiger charge is -2.27. The van der Waals surface area contributed by atoms with Crippen LogP contribution in [0.25, 0.3) is 0 Å². The lowest BCUT2D eigenvalue weighted by Crippen LogP contribution is -2.46. The minimum absolute atomic E-state index is 0.362. The Morgan fingerprint density at radius 1 is 1.23 bits per heavy atom. The van der Waals surface area contributed by atoms with Crippen molar-refractivity contribution in [3.63, 3.8) is 0 Å². The van der Waals surface area contributed by atoms with E-state index in [9.17, 15) is 13.2 Å². The Bertz CT molecular complexity index is 1040. The maximum absolute atomic E-state index is 12.6. The van der Waals surface area contributed by atoms with Crippen LogP contribution in [0.2, 0.25) is 0 Å². The molecule has 0 aliphatic rings. The number of anilines is 2. The average Bonchev–Trinajstić information content (AvgIpc) is 2.68. The van der Waals surface area contributed by atoms with Gasteiger partial charge in [-0.25, -0.2) is 13.8 Å². The summed E-state index contributed by atoms with van der Waals surface area (Å²) >= 11 is 3.50. The Labute approximate surface area is 192 Å². The van der Waals surface area contributed by atoms with E-state index >= 15 is 0 Å². The molecule has 0 saturated carbocycles. The molecule has 0 radical (unpaired) electrons. The summed E-state index contributed by atoms with van der Waals surface area (Å²) in [6, 6.07) is 11.2. The molecule has 1 amide bonds. The summed E-state index contributed by atoms with van der Waals surface area (Å²) in [4.78, 5) is 14.6. The molecule has 168 valence electrons. The quantitative estimate of drug-likeness (QED) is 0.413. The van der Waals surface area contributed by atoms with Crippen molar-refractivity contribution in [2.24, 2.45) is 5.10 Å². The van der Waals surface area contributed by atoms with Crippen molar-refractivity contribution in [2.75, 3.05) is 36.2 Å². The minimum Gasteiger partial charge on any atom is -0.494 e. The van der Waals surface area contributed by atoms with Gasteiger partial charge >= 0.3 is 0 Å². The van der Waals surface area contributed by atoms with Gasteiger partial charge < -0.3 is 9.64 Å². The van der Waals surface area contributed by atoms with Crippen molar-refractivity contribution in [2.45, 2.75) is 19.9 Å². The number of carbonyl (C=O) groups is 1. The zero-order chi connectivity index (χ0) is 23.2. The molecule has 0 aliphatic heterocycles. The van der Waals surface area contributed by atoms with Crippen molar-refractivity contribution in [3.05, 3.63) is 52.5 Å². The highest BCUT2D eigenvalue weighted by atomic mass is 79.9. The molecule has 2 rings (SSSR count). The first-order valence-corrected chi connectivity index (χ1v) is 12.2. The highest BCUT2D eigenvalue weighted by Gasteiger charge is 2.29. The average molecular weight is 511 g/mol. The van der Waals surface area contributed by atoms with Gasteiger partial charge in [-0.1, -0.05) is 6.07 Å². The zero-order valence-electron chi connectivity index (χ0n) is 18.2. The molecule has 0 fully saturated rings. The van der Waals surface area contributed by atoms with E-state index in [1.807, 2.05) is 44.1 Å². The van der Waals surface area contributed by atoms with Crippen LogP contribution < -0.4 is 19.4 Å². The number of rotatable bonds is 9. The second kappa shape index (κ2) is 10.6. The lowest BCUT2D eigenvalue weighted by atomic mass is 10.2. The predicted octanol–water partition coefficient (Wildman–Crippen LogP) is 3.22.